The molecule has 0 spiro atoms. The smallest absolute Gasteiger partial charge is 0.231 e. The van der Waals surface area contributed by atoms with Gasteiger partial charge in [0.05, 0.1) is 12.2 Å². The number of nitrogens with zero attached hydrogens (tertiary/aromatic N) is 1. The summed E-state index contributed by atoms with van der Waals surface area (Å²) in [6.45, 7) is 2.67. The number of nitrogens with two attached hydrogens (primary N) is 1. The molecular weight excluding hydrogens is 218 g/mol. The molecule has 0 bridgehead atoms. The number of aromatic nitrogens is 2. The minimum absolute atomic E-state index is 0.284. The molecule has 2 aromatic rings. The fraction of sp³-hybridized carbons (Fsp3) is 0.250. The van der Waals surface area contributed by atoms with Crippen molar-refractivity contribution in [3.8, 4) is 22.8 Å². The summed E-state index contributed by atoms with van der Waals surface area (Å²) in [6.07, 6.45) is 0. The van der Waals surface area contributed by atoms with E-state index < -0.39 is 0 Å². The molecule has 1 aromatic carbocycles. The Labute approximate surface area is 98.6 Å². The Morgan fingerprint density at radius 3 is 2.94 bits per heavy atom. The first kappa shape index (κ1) is 10.2. The highest BCUT2D eigenvalue weighted by molar-refractivity contribution is 5.66. The van der Waals surface area contributed by atoms with Crippen LogP contribution < -0.4 is 15.2 Å². The first-order valence-electron chi connectivity index (χ1n) is 5.43. The van der Waals surface area contributed by atoms with E-state index in [2.05, 4.69) is 9.97 Å². The van der Waals surface area contributed by atoms with Gasteiger partial charge in [0.2, 0.25) is 6.79 Å². The second kappa shape index (κ2) is 3.78. The van der Waals surface area contributed by atoms with Crippen LogP contribution in [0.2, 0.25) is 0 Å². The van der Waals surface area contributed by atoms with Crippen molar-refractivity contribution in [3.63, 3.8) is 0 Å². The maximum Gasteiger partial charge on any atom is 0.231 e. The quantitative estimate of drug-likeness (QED) is 0.822. The van der Waals surface area contributed by atoms with Gasteiger partial charge >= 0.3 is 0 Å². The molecule has 0 radical (unpaired) electrons. The van der Waals surface area contributed by atoms with Crippen LogP contribution in [0.15, 0.2) is 18.2 Å². The third-order valence-electron chi connectivity index (χ3n) is 2.77. The molecule has 17 heavy (non-hydrogen) atoms. The summed E-state index contributed by atoms with van der Waals surface area (Å²) in [4.78, 5) is 7.60. The van der Waals surface area contributed by atoms with Crippen LogP contribution in [-0.2, 0) is 6.54 Å². The molecule has 2 heterocycles. The molecule has 5 heteroatoms. The SMILES string of the molecule is Cc1[nH]c(CN)nc1-c1ccc2c(c1)OCO2. The van der Waals surface area contributed by atoms with Gasteiger partial charge in [0.1, 0.15) is 5.82 Å². The van der Waals surface area contributed by atoms with E-state index in [-0.39, 0.29) is 6.79 Å². The Morgan fingerprint density at radius 2 is 2.18 bits per heavy atom. The van der Waals surface area contributed by atoms with Crippen LogP contribution in [0.1, 0.15) is 11.5 Å². The average Bonchev–Trinajstić information content (AvgIpc) is 2.93. The number of hydrogen-bond donors (Lipinski definition) is 2. The summed E-state index contributed by atoms with van der Waals surface area (Å²) in [5, 5.41) is 0. The maximum absolute atomic E-state index is 5.56. The van der Waals surface area contributed by atoms with Crippen LogP contribution in [0.3, 0.4) is 0 Å². The Morgan fingerprint density at radius 1 is 1.35 bits per heavy atom. The molecule has 88 valence electrons. The van der Waals surface area contributed by atoms with E-state index in [0.29, 0.717) is 6.54 Å². The number of hydrogen-bond acceptors (Lipinski definition) is 4. The monoisotopic (exact) mass is 231 g/mol. The highest BCUT2D eigenvalue weighted by atomic mass is 16.7. The number of benzene rings is 1. The number of ether oxygens (including phenoxy) is 2. The van der Waals surface area contributed by atoms with Gasteiger partial charge in [0.15, 0.2) is 11.5 Å². The van der Waals surface area contributed by atoms with E-state index in [9.17, 15) is 0 Å². The van der Waals surface area contributed by atoms with Crippen molar-refractivity contribution in [2.24, 2.45) is 5.73 Å². The number of aryl methyl sites for hydroxylation is 1. The van der Waals surface area contributed by atoms with Crippen molar-refractivity contribution < 1.29 is 9.47 Å². The summed E-state index contributed by atoms with van der Waals surface area (Å²) in [6, 6.07) is 5.80. The zero-order chi connectivity index (χ0) is 11.8. The van der Waals surface area contributed by atoms with Gasteiger partial charge in [-0.3, -0.25) is 0 Å². The predicted octanol–water partition coefficient (Wildman–Crippen LogP) is 1.57. The van der Waals surface area contributed by atoms with Crippen LogP contribution in [0.5, 0.6) is 11.5 Å². The molecule has 5 nitrogen and oxygen atoms in total. The van der Waals surface area contributed by atoms with E-state index in [1.54, 1.807) is 0 Å². The standard InChI is InChI=1S/C12H13N3O2/c1-7-12(15-11(5-13)14-7)8-2-3-9-10(4-8)17-6-16-9/h2-4H,5-6,13H2,1H3,(H,14,15). The first-order valence-corrected chi connectivity index (χ1v) is 5.43. The molecule has 0 saturated heterocycles. The van der Waals surface area contributed by atoms with Crippen LogP contribution in [-0.4, -0.2) is 16.8 Å². The summed E-state index contributed by atoms with van der Waals surface area (Å²) in [5.74, 6) is 2.33. The fourth-order valence-corrected chi connectivity index (χ4v) is 1.94. The van der Waals surface area contributed by atoms with Gasteiger partial charge in [-0.15, -0.1) is 0 Å². The number of rotatable bonds is 2. The molecule has 0 atom stereocenters. The molecule has 0 aliphatic carbocycles. The average molecular weight is 231 g/mol. The summed E-state index contributed by atoms with van der Waals surface area (Å²) in [5.41, 5.74) is 8.47. The van der Waals surface area contributed by atoms with E-state index in [4.69, 9.17) is 15.2 Å². The Kier molecular flexibility index (Phi) is 2.26. The molecular formula is C12H13N3O2. The fourth-order valence-electron chi connectivity index (χ4n) is 1.94. The molecule has 0 amide bonds. The van der Waals surface area contributed by atoms with Gasteiger partial charge < -0.3 is 20.2 Å². The van der Waals surface area contributed by atoms with E-state index in [1.807, 2.05) is 25.1 Å². The van der Waals surface area contributed by atoms with Gasteiger partial charge in [0.25, 0.3) is 0 Å². The first-order chi connectivity index (χ1) is 8.28. The lowest BCUT2D eigenvalue weighted by molar-refractivity contribution is 0.174. The molecule has 1 aliphatic heterocycles. The number of imidazole rings is 1. The Hall–Kier alpha value is -2.01. The van der Waals surface area contributed by atoms with E-state index in [1.165, 1.54) is 0 Å². The topological polar surface area (TPSA) is 73.2 Å². The third-order valence-corrected chi connectivity index (χ3v) is 2.77. The van der Waals surface area contributed by atoms with Crippen molar-refractivity contribution in [1.82, 2.24) is 9.97 Å². The lowest BCUT2D eigenvalue weighted by atomic mass is 10.1. The summed E-state index contributed by atoms with van der Waals surface area (Å²) < 4.78 is 10.6. The maximum atomic E-state index is 5.56. The molecule has 1 aliphatic rings. The molecule has 1 aromatic heterocycles. The van der Waals surface area contributed by atoms with Gasteiger partial charge in [-0.25, -0.2) is 4.98 Å². The highest BCUT2D eigenvalue weighted by Gasteiger charge is 2.16. The minimum atomic E-state index is 0.284. The number of fused-ring (bicyclic) bond motifs is 1. The van der Waals surface area contributed by atoms with Crippen LogP contribution in [0.25, 0.3) is 11.3 Å². The van der Waals surface area contributed by atoms with Crippen LogP contribution in [0, 0.1) is 6.92 Å². The number of nitrogens with one attached hydrogen (secondary N) is 1. The molecule has 0 fully saturated rings. The van der Waals surface area contributed by atoms with Crippen molar-refractivity contribution in [2.45, 2.75) is 13.5 Å². The second-order valence-electron chi connectivity index (χ2n) is 3.93. The van der Waals surface area contributed by atoms with Crippen molar-refractivity contribution in [3.05, 3.63) is 29.7 Å². The largest absolute Gasteiger partial charge is 0.454 e. The van der Waals surface area contributed by atoms with Gasteiger partial charge in [-0.05, 0) is 25.1 Å². The van der Waals surface area contributed by atoms with Crippen LogP contribution >= 0.6 is 0 Å². The van der Waals surface area contributed by atoms with Crippen LogP contribution in [0.4, 0.5) is 0 Å². The Balaban J connectivity index is 2.06. The lowest BCUT2D eigenvalue weighted by Crippen LogP contribution is -1.97. The van der Waals surface area contributed by atoms with Gasteiger partial charge in [-0.1, -0.05) is 0 Å². The molecule has 0 saturated carbocycles. The van der Waals surface area contributed by atoms with Crippen molar-refractivity contribution in [2.75, 3.05) is 6.79 Å². The number of aromatic amines is 1. The van der Waals surface area contributed by atoms with Gasteiger partial charge in [0, 0.05) is 11.3 Å². The zero-order valence-electron chi connectivity index (χ0n) is 9.49. The minimum Gasteiger partial charge on any atom is -0.454 e. The summed E-state index contributed by atoms with van der Waals surface area (Å²) in [7, 11) is 0. The molecule has 3 rings (SSSR count). The predicted molar refractivity (Wildman–Crippen MR) is 62.8 cm³/mol. The highest BCUT2D eigenvalue weighted by Crippen LogP contribution is 2.36. The van der Waals surface area contributed by atoms with E-state index >= 15 is 0 Å². The van der Waals surface area contributed by atoms with Crippen molar-refractivity contribution >= 4 is 0 Å². The third kappa shape index (κ3) is 1.64. The second-order valence-corrected chi connectivity index (χ2v) is 3.93. The number of H-pyrrole nitrogens is 1. The zero-order valence-corrected chi connectivity index (χ0v) is 9.49. The van der Waals surface area contributed by atoms with Gasteiger partial charge in [-0.2, -0.15) is 0 Å². The molecule has 0 unspecified atom stereocenters. The Bertz CT molecular complexity index is 563. The normalized spacial score (nSPS) is 13.1. The summed E-state index contributed by atoms with van der Waals surface area (Å²) >= 11 is 0. The van der Waals surface area contributed by atoms with Crippen molar-refractivity contribution in [1.29, 1.82) is 0 Å². The molecule has 3 N–H and O–H groups in total. The van der Waals surface area contributed by atoms with E-state index in [0.717, 1.165) is 34.3 Å². The lowest BCUT2D eigenvalue weighted by Gasteiger charge is -2.00.